The van der Waals surface area contributed by atoms with Gasteiger partial charge >= 0.3 is 6.03 Å². The zero-order valence-corrected chi connectivity index (χ0v) is 17.3. The molecule has 0 bridgehead atoms. The molecular weight excluding hydrogens is 420 g/mol. The Hall–Kier alpha value is -3.51. The van der Waals surface area contributed by atoms with Gasteiger partial charge in [-0.1, -0.05) is 42.8 Å². The highest BCUT2D eigenvalue weighted by atomic mass is 35.5. The number of nitrogens with zero attached hydrogens (tertiary/aromatic N) is 1. The summed E-state index contributed by atoms with van der Waals surface area (Å²) in [7, 11) is 0. The monoisotopic (exact) mass is 437 g/mol. The predicted octanol–water partition coefficient (Wildman–Crippen LogP) is 7.04. The van der Waals surface area contributed by atoms with Crippen LogP contribution in [0.5, 0.6) is 0 Å². The van der Waals surface area contributed by atoms with Crippen LogP contribution in [0.3, 0.4) is 0 Å². The van der Waals surface area contributed by atoms with Crippen LogP contribution in [0, 0.1) is 11.6 Å². The van der Waals surface area contributed by atoms with Crippen LogP contribution in [0.25, 0.3) is 22.0 Å². The minimum absolute atomic E-state index is 0.139. The van der Waals surface area contributed by atoms with Crippen molar-refractivity contribution in [1.29, 1.82) is 0 Å². The van der Waals surface area contributed by atoms with Gasteiger partial charge in [-0.3, -0.25) is 4.98 Å². The first-order valence-electron chi connectivity index (χ1n) is 9.66. The molecule has 2 amide bonds. The largest absolute Gasteiger partial charge is 0.323 e. The van der Waals surface area contributed by atoms with Crippen LogP contribution in [0.4, 0.5) is 25.0 Å². The lowest BCUT2D eigenvalue weighted by atomic mass is 9.97. The summed E-state index contributed by atoms with van der Waals surface area (Å²) in [5.74, 6) is -1.60. The third-order valence-corrected chi connectivity index (χ3v) is 5.24. The van der Waals surface area contributed by atoms with E-state index in [1.54, 1.807) is 6.07 Å². The molecule has 31 heavy (non-hydrogen) atoms. The van der Waals surface area contributed by atoms with E-state index < -0.39 is 17.7 Å². The van der Waals surface area contributed by atoms with Crippen LogP contribution in [-0.4, -0.2) is 11.0 Å². The highest BCUT2D eigenvalue weighted by Crippen LogP contribution is 2.38. The summed E-state index contributed by atoms with van der Waals surface area (Å²) in [5, 5.41) is 6.47. The first-order chi connectivity index (χ1) is 15.0. The van der Waals surface area contributed by atoms with Crippen molar-refractivity contribution >= 4 is 39.9 Å². The summed E-state index contributed by atoms with van der Waals surface area (Å²) in [6.45, 7) is 2.05. The molecule has 0 aliphatic rings. The van der Waals surface area contributed by atoms with Gasteiger partial charge in [0.1, 0.15) is 11.6 Å². The molecule has 1 aromatic heterocycles. The Labute approximate surface area is 182 Å². The zero-order valence-electron chi connectivity index (χ0n) is 16.5. The Morgan fingerprint density at radius 2 is 1.77 bits per heavy atom. The summed E-state index contributed by atoms with van der Waals surface area (Å²) in [6, 6.07) is 15.5. The first-order valence-corrected chi connectivity index (χ1v) is 10.0. The van der Waals surface area contributed by atoms with Gasteiger partial charge < -0.3 is 10.6 Å². The van der Waals surface area contributed by atoms with Crippen molar-refractivity contribution in [2.75, 3.05) is 10.6 Å². The Morgan fingerprint density at radius 1 is 1.00 bits per heavy atom. The third kappa shape index (κ3) is 4.34. The number of carbonyl (C=O) groups is 1. The summed E-state index contributed by atoms with van der Waals surface area (Å²) in [6.07, 6.45) is 2.37. The predicted molar refractivity (Wildman–Crippen MR) is 121 cm³/mol. The number of aryl methyl sites for hydroxylation is 1. The number of urea groups is 1. The van der Waals surface area contributed by atoms with E-state index in [0.29, 0.717) is 22.3 Å². The van der Waals surface area contributed by atoms with Gasteiger partial charge in [0.15, 0.2) is 0 Å². The topological polar surface area (TPSA) is 54.0 Å². The number of fused-ring (bicyclic) bond motifs is 1. The summed E-state index contributed by atoms with van der Waals surface area (Å²) in [4.78, 5) is 17.1. The third-order valence-electron chi connectivity index (χ3n) is 4.91. The molecule has 1 heterocycles. The smallest absolute Gasteiger partial charge is 0.306 e. The highest BCUT2D eigenvalue weighted by Gasteiger charge is 2.17. The highest BCUT2D eigenvalue weighted by molar-refractivity contribution is 6.34. The van der Waals surface area contributed by atoms with Crippen molar-refractivity contribution in [1.82, 2.24) is 4.98 Å². The molecule has 4 nitrogen and oxygen atoms in total. The molecule has 0 unspecified atom stereocenters. The number of rotatable bonds is 4. The van der Waals surface area contributed by atoms with E-state index in [4.69, 9.17) is 11.6 Å². The summed E-state index contributed by atoms with van der Waals surface area (Å²) < 4.78 is 27.1. The molecule has 0 radical (unpaired) electrons. The number of halogens is 3. The van der Waals surface area contributed by atoms with E-state index in [0.717, 1.165) is 40.6 Å². The van der Waals surface area contributed by atoms with Gasteiger partial charge in [0, 0.05) is 27.6 Å². The Morgan fingerprint density at radius 3 is 2.52 bits per heavy atom. The van der Waals surface area contributed by atoms with Crippen molar-refractivity contribution < 1.29 is 13.6 Å². The maximum Gasteiger partial charge on any atom is 0.323 e. The fourth-order valence-electron chi connectivity index (χ4n) is 3.38. The lowest BCUT2D eigenvalue weighted by molar-refractivity contribution is 0.262. The van der Waals surface area contributed by atoms with Crippen molar-refractivity contribution in [3.8, 4) is 11.1 Å². The molecule has 7 heteroatoms. The number of pyridine rings is 1. The van der Waals surface area contributed by atoms with Gasteiger partial charge in [-0.25, -0.2) is 13.6 Å². The molecule has 4 aromatic rings. The quantitative estimate of drug-likeness (QED) is 0.359. The number of carbonyl (C=O) groups excluding carboxylic acids is 1. The lowest BCUT2D eigenvalue weighted by Crippen LogP contribution is -2.21. The second-order valence-corrected chi connectivity index (χ2v) is 7.34. The molecule has 0 saturated carbocycles. The second-order valence-electron chi connectivity index (χ2n) is 6.94. The lowest BCUT2D eigenvalue weighted by Gasteiger charge is -2.16. The number of nitrogens with one attached hydrogen (secondary N) is 2. The number of anilines is 2. The molecule has 0 aliphatic heterocycles. The normalized spacial score (nSPS) is 10.8. The zero-order chi connectivity index (χ0) is 22.0. The first kappa shape index (κ1) is 20.8. The second kappa shape index (κ2) is 8.70. The molecular formula is C24H18ClF2N3O. The molecule has 4 rings (SSSR count). The van der Waals surface area contributed by atoms with Crippen LogP contribution in [0.2, 0.25) is 5.02 Å². The fourth-order valence-corrected chi connectivity index (χ4v) is 3.61. The van der Waals surface area contributed by atoms with Gasteiger partial charge in [-0.15, -0.1) is 0 Å². The maximum absolute atomic E-state index is 13.9. The number of aromatic nitrogens is 1. The minimum Gasteiger partial charge on any atom is -0.306 e. The standard InChI is InChI=1S/C24H18ClF2N3O/c1-2-14-7-9-20-17(11-14)23(16-5-3-4-6-18(16)25)22(13-28-20)30-24(31)29-21-10-8-15(26)12-19(21)27/h3-13H,2H2,1H3,(H2,29,30,31). The van der Waals surface area contributed by atoms with E-state index in [9.17, 15) is 13.6 Å². The van der Waals surface area contributed by atoms with Crippen LogP contribution in [0.1, 0.15) is 12.5 Å². The molecule has 0 atom stereocenters. The van der Waals surface area contributed by atoms with E-state index in [2.05, 4.69) is 22.5 Å². The fraction of sp³-hybridized carbons (Fsp3) is 0.0833. The summed E-state index contributed by atoms with van der Waals surface area (Å²) >= 11 is 6.47. The Kier molecular flexibility index (Phi) is 5.82. The van der Waals surface area contributed by atoms with Gasteiger partial charge in [-0.2, -0.15) is 0 Å². The number of benzene rings is 3. The van der Waals surface area contributed by atoms with Crippen LogP contribution in [-0.2, 0) is 6.42 Å². The SMILES string of the molecule is CCc1ccc2ncc(NC(=O)Nc3ccc(F)cc3F)c(-c3ccccc3Cl)c2c1. The average Bonchev–Trinajstić information content (AvgIpc) is 2.76. The van der Waals surface area contributed by atoms with Crippen molar-refractivity contribution in [3.05, 3.63) is 89.1 Å². The maximum atomic E-state index is 13.9. The van der Waals surface area contributed by atoms with E-state index >= 15 is 0 Å². The van der Waals surface area contributed by atoms with Crippen LogP contribution in [0.15, 0.2) is 66.9 Å². The molecule has 2 N–H and O–H groups in total. The van der Waals surface area contributed by atoms with Gasteiger partial charge in [0.05, 0.1) is 23.1 Å². The van der Waals surface area contributed by atoms with E-state index in [1.807, 2.05) is 36.4 Å². The van der Waals surface area contributed by atoms with Gasteiger partial charge in [-0.05, 0) is 42.3 Å². The van der Waals surface area contributed by atoms with Gasteiger partial charge in [0.25, 0.3) is 0 Å². The van der Waals surface area contributed by atoms with E-state index in [-0.39, 0.29) is 5.69 Å². The summed E-state index contributed by atoms with van der Waals surface area (Å²) in [5.41, 5.74) is 3.57. The number of amides is 2. The molecule has 0 saturated heterocycles. The van der Waals surface area contributed by atoms with Gasteiger partial charge in [0.2, 0.25) is 0 Å². The molecule has 0 fully saturated rings. The number of hydrogen-bond donors (Lipinski definition) is 2. The van der Waals surface area contributed by atoms with Crippen molar-refractivity contribution in [3.63, 3.8) is 0 Å². The molecule has 156 valence electrons. The van der Waals surface area contributed by atoms with E-state index in [1.165, 1.54) is 6.20 Å². The molecule has 0 aliphatic carbocycles. The Bertz CT molecular complexity index is 1290. The Balaban J connectivity index is 1.79. The molecule has 3 aromatic carbocycles. The van der Waals surface area contributed by atoms with Crippen molar-refractivity contribution in [2.45, 2.75) is 13.3 Å². The minimum atomic E-state index is -0.870. The van der Waals surface area contributed by atoms with Crippen LogP contribution < -0.4 is 10.6 Å². The average molecular weight is 438 g/mol. The van der Waals surface area contributed by atoms with Crippen molar-refractivity contribution in [2.24, 2.45) is 0 Å². The van der Waals surface area contributed by atoms with Crippen LogP contribution >= 0.6 is 11.6 Å². The molecule has 0 spiro atoms. The number of hydrogen-bond acceptors (Lipinski definition) is 2.